The zero-order valence-electron chi connectivity index (χ0n) is 12.6. The first-order valence-corrected chi connectivity index (χ1v) is 8.84. The van der Waals surface area contributed by atoms with Gasteiger partial charge < -0.3 is 11.1 Å². The van der Waals surface area contributed by atoms with Crippen molar-refractivity contribution < 1.29 is 13.2 Å². The molecule has 0 unspecified atom stereocenters. The van der Waals surface area contributed by atoms with E-state index in [1.165, 1.54) is 16.4 Å². The van der Waals surface area contributed by atoms with Crippen molar-refractivity contribution in [1.29, 1.82) is 0 Å². The molecular weight excluding hydrogens is 326 g/mol. The van der Waals surface area contributed by atoms with Crippen LogP contribution in [0.1, 0.15) is 26.7 Å². The number of halogens is 1. The second-order valence-corrected chi connectivity index (χ2v) is 8.25. The number of carbonyl (C=O) groups is 1. The van der Waals surface area contributed by atoms with Crippen LogP contribution in [0.15, 0.2) is 23.1 Å². The maximum Gasteiger partial charge on any atom is 0.244 e. The molecule has 1 amide bonds. The smallest absolute Gasteiger partial charge is 0.244 e. The largest absolute Gasteiger partial charge is 0.324 e. The minimum atomic E-state index is -3.64. The molecule has 0 bridgehead atoms. The van der Waals surface area contributed by atoms with Gasteiger partial charge in [0, 0.05) is 18.8 Å². The first-order chi connectivity index (χ1) is 10.1. The van der Waals surface area contributed by atoms with E-state index in [4.69, 9.17) is 17.3 Å². The van der Waals surface area contributed by atoms with Crippen molar-refractivity contribution in [3.63, 3.8) is 0 Å². The molecule has 1 fully saturated rings. The van der Waals surface area contributed by atoms with Gasteiger partial charge in [-0.2, -0.15) is 4.31 Å². The van der Waals surface area contributed by atoms with E-state index in [0.29, 0.717) is 18.8 Å². The van der Waals surface area contributed by atoms with Crippen LogP contribution in [-0.4, -0.2) is 37.3 Å². The average Bonchev–Trinajstić information content (AvgIpc) is 2.94. The molecule has 0 spiro atoms. The predicted octanol–water partition coefficient (Wildman–Crippen LogP) is 1.80. The van der Waals surface area contributed by atoms with Crippen LogP contribution < -0.4 is 11.1 Å². The molecule has 1 saturated heterocycles. The Morgan fingerprint density at radius 3 is 2.45 bits per heavy atom. The molecule has 1 aliphatic rings. The summed E-state index contributed by atoms with van der Waals surface area (Å²) in [7, 11) is -3.64. The van der Waals surface area contributed by atoms with Crippen LogP contribution in [0.3, 0.4) is 0 Å². The van der Waals surface area contributed by atoms with Crippen LogP contribution in [0.5, 0.6) is 0 Å². The molecule has 1 aromatic carbocycles. The molecule has 1 aliphatic heterocycles. The molecule has 1 heterocycles. The standard InChI is InChI=1S/C14H20ClN3O3S/c1-14(2,16)13(19)17-10-5-6-11(15)12(9-10)22(20,21)18-7-3-4-8-18/h5-6,9H,3-4,7-8,16H2,1-2H3,(H,17,19). The number of sulfonamides is 1. The first-order valence-electron chi connectivity index (χ1n) is 7.02. The van der Waals surface area contributed by atoms with Crippen LogP contribution in [-0.2, 0) is 14.8 Å². The van der Waals surface area contributed by atoms with Gasteiger partial charge in [0.2, 0.25) is 15.9 Å². The maximum atomic E-state index is 12.6. The fraction of sp³-hybridized carbons (Fsp3) is 0.500. The average molecular weight is 346 g/mol. The van der Waals surface area contributed by atoms with Crippen molar-refractivity contribution in [1.82, 2.24) is 4.31 Å². The van der Waals surface area contributed by atoms with Gasteiger partial charge in [-0.15, -0.1) is 0 Å². The fourth-order valence-electron chi connectivity index (χ4n) is 2.14. The Balaban J connectivity index is 2.33. The molecule has 3 N–H and O–H groups in total. The molecule has 22 heavy (non-hydrogen) atoms. The van der Waals surface area contributed by atoms with Gasteiger partial charge in [-0.05, 0) is 44.9 Å². The number of hydrogen-bond acceptors (Lipinski definition) is 4. The molecule has 0 aromatic heterocycles. The summed E-state index contributed by atoms with van der Waals surface area (Å²) in [5.41, 5.74) is 5.01. The Kier molecular flexibility index (Phi) is 4.81. The van der Waals surface area contributed by atoms with Crippen molar-refractivity contribution in [3.8, 4) is 0 Å². The summed E-state index contributed by atoms with van der Waals surface area (Å²) in [6.07, 6.45) is 1.68. The number of nitrogens with zero attached hydrogens (tertiary/aromatic N) is 1. The lowest BCUT2D eigenvalue weighted by Crippen LogP contribution is -2.45. The van der Waals surface area contributed by atoms with Crippen LogP contribution in [0.25, 0.3) is 0 Å². The van der Waals surface area contributed by atoms with Crippen molar-refractivity contribution in [2.75, 3.05) is 18.4 Å². The van der Waals surface area contributed by atoms with Crippen LogP contribution in [0.2, 0.25) is 5.02 Å². The number of anilines is 1. The predicted molar refractivity (Wildman–Crippen MR) is 86.3 cm³/mol. The Morgan fingerprint density at radius 1 is 1.32 bits per heavy atom. The number of carbonyl (C=O) groups excluding carboxylic acids is 1. The second-order valence-electron chi connectivity index (χ2n) is 5.93. The second kappa shape index (κ2) is 6.16. The molecule has 0 radical (unpaired) electrons. The highest BCUT2D eigenvalue weighted by molar-refractivity contribution is 7.89. The van der Waals surface area contributed by atoms with Crippen LogP contribution in [0.4, 0.5) is 5.69 Å². The van der Waals surface area contributed by atoms with Crippen molar-refractivity contribution in [2.45, 2.75) is 37.1 Å². The van der Waals surface area contributed by atoms with Gasteiger partial charge in [-0.25, -0.2) is 8.42 Å². The molecule has 1 aromatic rings. The number of amides is 1. The number of nitrogens with one attached hydrogen (secondary N) is 1. The normalized spacial score (nSPS) is 16.7. The summed E-state index contributed by atoms with van der Waals surface area (Å²) < 4.78 is 26.6. The molecule has 122 valence electrons. The number of nitrogens with two attached hydrogens (primary N) is 1. The Labute approximate surface area is 135 Å². The molecular formula is C14H20ClN3O3S. The molecule has 2 rings (SSSR count). The molecule has 0 saturated carbocycles. The fourth-order valence-corrected chi connectivity index (χ4v) is 4.16. The van der Waals surface area contributed by atoms with Gasteiger partial charge in [0.25, 0.3) is 0 Å². The SMILES string of the molecule is CC(C)(N)C(=O)Nc1ccc(Cl)c(S(=O)(=O)N2CCCC2)c1. The first kappa shape index (κ1) is 17.2. The highest BCUT2D eigenvalue weighted by Gasteiger charge is 2.30. The molecule has 8 heteroatoms. The summed E-state index contributed by atoms with van der Waals surface area (Å²) in [5, 5.41) is 2.74. The third-order valence-corrected chi connectivity index (χ3v) is 5.84. The third-order valence-electron chi connectivity index (χ3n) is 3.46. The van der Waals surface area contributed by atoms with Gasteiger partial charge in [-0.1, -0.05) is 11.6 Å². The quantitative estimate of drug-likeness (QED) is 0.870. The van der Waals surface area contributed by atoms with E-state index < -0.39 is 21.5 Å². The van der Waals surface area contributed by atoms with E-state index in [1.54, 1.807) is 19.9 Å². The maximum absolute atomic E-state index is 12.6. The topological polar surface area (TPSA) is 92.5 Å². The zero-order valence-corrected chi connectivity index (χ0v) is 14.2. The number of hydrogen-bond donors (Lipinski definition) is 2. The van der Waals surface area contributed by atoms with Crippen molar-refractivity contribution in [3.05, 3.63) is 23.2 Å². The van der Waals surface area contributed by atoms with Crippen molar-refractivity contribution in [2.24, 2.45) is 5.73 Å². The summed E-state index contributed by atoms with van der Waals surface area (Å²) in [6, 6.07) is 4.39. The van der Waals surface area contributed by atoms with Crippen LogP contribution >= 0.6 is 11.6 Å². The van der Waals surface area contributed by atoms with Gasteiger partial charge in [0.05, 0.1) is 10.6 Å². The Hall–Kier alpha value is -1.15. The highest BCUT2D eigenvalue weighted by Crippen LogP contribution is 2.29. The van der Waals surface area contributed by atoms with E-state index in [9.17, 15) is 13.2 Å². The third kappa shape index (κ3) is 3.60. The van der Waals surface area contributed by atoms with E-state index in [-0.39, 0.29) is 9.92 Å². The monoisotopic (exact) mass is 345 g/mol. The minimum absolute atomic E-state index is 0.00342. The number of rotatable bonds is 4. The lowest BCUT2D eigenvalue weighted by Gasteiger charge is -2.20. The Morgan fingerprint density at radius 2 is 1.91 bits per heavy atom. The lowest BCUT2D eigenvalue weighted by atomic mass is 10.1. The zero-order chi connectivity index (χ0) is 16.5. The van der Waals surface area contributed by atoms with E-state index in [1.807, 2.05) is 0 Å². The van der Waals surface area contributed by atoms with Gasteiger partial charge >= 0.3 is 0 Å². The van der Waals surface area contributed by atoms with E-state index in [2.05, 4.69) is 5.32 Å². The van der Waals surface area contributed by atoms with E-state index >= 15 is 0 Å². The van der Waals surface area contributed by atoms with Crippen LogP contribution in [0, 0.1) is 0 Å². The van der Waals surface area contributed by atoms with Crippen molar-refractivity contribution >= 4 is 33.2 Å². The lowest BCUT2D eigenvalue weighted by molar-refractivity contribution is -0.120. The van der Waals surface area contributed by atoms with Gasteiger partial charge in [0.1, 0.15) is 4.90 Å². The summed E-state index contributed by atoms with van der Waals surface area (Å²) in [6.45, 7) is 4.12. The molecule has 6 nitrogen and oxygen atoms in total. The van der Waals surface area contributed by atoms with Gasteiger partial charge in [-0.3, -0.25) is 4.79 Å². The number of benzene rings is 1. The highest BCUT2D eigenvalue weighted by atomic mass is 35.5. The minimum Gasteiger partial charge on any atom is -0.324 e. The summed E-state index contributed by atoms with van der Waals surface area (Å²) >= 11 is 6.04. The molecule has 0 atom stereocenters. The van der Waals surface area contributed by atoms with E-state index in [0.717, 1.165) is 12.8 Å². The van der Waals surface area contributed by atoms with Gasteiger partial charge in [0.15, 0.2) is 0 Å². The molecule has 0 aliphatic carbocycles. The summed E-state index contributed by atoms with van der Waals surface area (Å²) in [4.78, 5) is 11.9. The Bertz CT molecular complexity index is 677. The summed E-state index contributed by atoms with van der Waals surface area (Å²) in [5.74, 6) is -0.403.